The van der Waals surface area contributed by atoms with Gasteiger partial charge in [-0.1, -0.05) is 18.2 Å². The molecule has 20 heavy (non-hydrogen) atoms. The number of amides is 1. The molecule has 0 saturated carbocycles. The number of rotatable bonds is 5. The number of hydrogen-bond acceptors (Lipinski definition) is 3. The zero-order valence-electron chi connectivity index (χ0n) is 11.7. The first-order valence-electron chi connectivity index (χ1n) is 6.95. The molecule has 1 fully saturated rings. The minimum atomic E-state index is 0. The molecular formula is C15H23ClN2O2. The van der Waals surface area contributed by atoms with E-state index in [0.29, 0.717) is 25.5 Å². The number of piperidine rings is 1. The van der Waals surface area contributed by atoms with Crippen LogP contribution in [0, 0.1) is 5.92 Å². The Balaban J connectivity index is 0.00000200. The number of likely N-dealkylation sites (tertiary alicyclic amines) is 1. The van der Waals surface area contributed by atoms with E-state index in [1.54, 1.807) is 0 Å². The molecule has 0 spiro atoms. The zero-order valence-corrected chi connectivity index (χ0v) is 12.5. The lowest BCUT2D eigenvalue weighted by Crippen LogP contribution is -2.42. The fourth-order valence-electron chi connectivity index (χ4n) is 2.44. The highest BCUT2D eigenvalue weighted by Crippen LogP contribution is 2.19. The van der Waals surface area contributed by atoms with Crippen LogP contribution in [0.3, 0.4) is 0 Å². The van der Waals surface area contributed by atoms with E-state index >= 15 is 0 Å². The first-order valence-corrected chi connectivity index (χ1v) is 6.95. The Morgan fingerprint density at radius 3 is 2.80 bits per heavy atom. The molecule has 0 radical (unpaired) electrons. The number of carbonyl (C=O) groups is 1. The van der Waals surface area contributed by atoms with E-state index in [0.717, 1.165) is 31.7 Å². The number of carbonyl (C=O) groups excluding carboxylic acids is 1. The minimum Gasteiger partial charge on any atom is -0.493 e. The Kier molecular flexibility index (Phi) is 7.41. The first-order chi connectivity index (χ1) is 9.29. The lowest BCUT2D eigenvalue weighted by Gasteiger charge is -2.32. The molecule has 1 aliphatic heterocycles. The Morgan fingerprint density at radius 1 is 1.35 bits per heavy atom. The predicted molar refractivity (Wildman–Crippen MR) is 82.2 cm³/mol. The van der Waals surface area contributed by atoms with Crippen LogP contribution in [0.5, 0.6) is 5.75 Å². The lowest BCUT2D eigenvalue weighted by molar-refractivity contribution is -0.133. The van der Waals surface area contributed by atoms with Gasteiger partial charge >= 0.3 is 0 Å². The number of benzene rings is 1. The Bertz CT molecular complexity index is 400. The summed E-state index contributed by atoms with van der Waals surface area (Å²) in [6, 6.07) is 9.82. The van der Waals surface area contributed by atoms with Crippen molar-refractivity contribution in [2.24, 2.45) is 11.7 Å². The van der Waals surface area contributed by atoms with Crippen LogP contribution in [0.2, 0.25) is 0 Å². The predicted octanol–water partition coefficient (Wildman–Crippen LogP) is 2.07. The zero-order chi connectivity index (χ0) is 13.5. The van der Waals surface area contributed by atoms with Gasteiger partial charge in [-0.05, 0) is 25.0 Å². The van der Waals surface area contributed by atoms with Gasteiger partial charge in [-0.25, -0.2) is 0 Å². The van der Waals surface area contributed by atoms with Gasteiger partial charge in [0, 0.05) is 32.0 Å². The lowest BCUT2D eigenvalue weighted by atomic mass is 9.98. The molecule has 0 bridgehead atoms. The highest BCUT2D eigenvalue weighted by atomic mass is 35.5. The van der Waals surface area contributed by atoms with Crippen molar-refractivity contribution in [3.05, 3.63) is 30.3 Å². The molecular weight excluding hydrogens is 276 g/mol. The Labute approximate surface area is 126 Å². The normalized spacial score (nSPS) is 18.2. The van der Waals surface area contributed by atoms with Crippen LogP contribution in [-0.2, 0) is 4.79 Å². The number of para-hydroxylation sites is 1. The van der Waals surface area contributed by atoms with E-state index in [1.165, 1.54) is 0 Å². The summed E-state index contributed by atoms with van der Waals surface area (Å²) in [6.07, 6.45) is 2.63. The van der Waals surface area contributed by atoms with Crippen LogP contribution in [-0.4, -0.2) is 37.0 Å². The van der Waals surface area contributed by atoms with Gasteiger partial charge in [0.25, 0.3) is 0 Å². The second-order valence-corrected chi connectivity index (χ2v) is 5.01. The number of halogens is 1. The van der Waals surface area contributed by atoms with Crippen molar-refractivity contribution < 1.29 is 9.53 Å². The molecule has 112 valence electrons. The molecule has 1 aromatic carbocycles. The van der Waals surface area contributed by atoms with Crippen LogP contribution in [0.15, 0.2) is 30.3 Å². The summed E-state index contributed by atoms with van der Waals surface area (Å²) < 4.78 is 5.77. The summed E-state index contributed by atoms with van der Waals surface area (Å²) in [5.41, 5.74) is 5.43. The van der Waals surface area contributed by atoms with Gasteiger partial charge in [0.1, 0.15) is 5.75 Å². The van der Waals surface area contributed by atoms with Crippen molar-refractivity contribution in [1.82, 2.24) is 4.90 Å². The molecule has 4 nitrogen and oxygen atoms in total. The van der Waals surface area contributed by atoms with Gasteiger partial charge in [-0.2, -0.15) is 0 Å². The van der Waals surface area contributed by atoms with Gasteiger partial charge in [-0.3, -0.25) is 4.79 Å². The molecule has 1 aliphatic rings. The van der Waals surface area contributed by atoms with Crippen LogP contribution >= 0.6 is 12.4 Å². The summed E-state index contributed by atoms with van der Waals surface area (Å²) in [5.74, 6) is 1.50. The van der Waals surface area contributed by atoms with Crippen molar-refractivity contribution >= 4 is 18.3 Å². The largest absolute Gasteiger partial charge is 0.493 e. The molecule has 0 aliphatic carbocycles. The maximum Gasteiger partial charge on any atom is 0.223 e. The molecule has 1 aromatic rings. The standard InChI is InChI=1S/C15H22N2O2.ClH/c16-9-8-15(18)17-10-4-5-13(11-17)12-19-14-6-2-1-3-7-14;/h1-3,6-7,13H,4-5,8-12,16H2;1H. The topological polar surface area (TPSA) is 55.6 Å². The summed E-state index contributed by atoms with van der Waals surface area (Å²) >= 11 is 0. The summed E-state index contributed by atoms with van der Waals surface area (Å²) in [5, 5.41) is 0. The molecule has 1 heterocycles. The number of ether oxygens (including phenoxy) is 1. The molecule has 1 saturated heterocycles. The van der Waals surface area contributed by atoms with E-state index in [2.05, 4.69) is 0 Å². The average Bonchev–Trinajstić information content (AvgIpc) is 2.47. The average molecular weight is 299 g/mol. The van der Waals surface area contributed by atoms with E-state index in [4.69, 9.17) is 10.5 Å². The maximum absolute atomic E-state index is 11.8. The molecule has 2 N–H and O–H groups in total. The van der Waals surface area contributed by atoms with E-state index in [9.17, 15) is 4.79 Å². The van der Waals surface area contributed by atoms with E-state index in [1.807, 2.05) is 35.2 Å². The van der Waals surface area contributed by atoms with Crippen LogP contribution < -0.4 is 10.5 Å². The number of nitrogens with zero attached hydrogens (tertiary/aromatic N) is 1. The SMILES string of the molecule is Cl.NCCC(=O)N1CCCC(COc2ccccc2)C1. The van der Waals surface area contributed by atoms with Gasteiger partial charge in [0.2, 0.25) is 5.91 Å². The highest BCUT2D eigenvalue weighted by Gasteiger charge is 2.23. The number of nitrogens with two attached hydrogens (primary N) is 1. The fourth-order valence-corrected chi connectivity index (χ4v) is 2.44. The summed E-state index contributed by atoms with van der Waals surface area (Å²) in [4.78, 5) is 13.7. The van der Waals surface area contributed by atoms with E-state index < -0.39 is 0 Å². The minimum absolute atomic E-state index is 0. The second-order valence-electron chi connectivity index (χ2n) is 5.01. The smallest absolute Gasteiger partial charge is 0.223 e. The Morgan fingerprint density at radius 2 is 2.10 bits per heavy atom. The van der Waals surface area contributed by atoms with Crippen LogP contribution in [0.4, 0.5) is 0 Å². The van der Waals surface area contributed by atoms with Gasteiger partial charge in [0.15, 0.2) is 0 Å². The third-order valence-electron chi connectivity index (χ3n) is 3.46. The van der Waals surface area contributed by atoms with Gasteiger partial charge < -0.3 is 15.4 Å². The number of hydrogen-bond donors (Lipinski definition) is 1. The summed E-state index contributed by atoms with van der Waals surface area (Å²) in [7, 11) is 0. The van der Waals surface area contributed by atoms with Gasteiger partial charge in [-0.15, -0.1) is 12.4 Å². The quantitative estimate of drug-likeness (QED) is 0.905. The van der Waals surface area contributed by atoms with Crippen molar-refractivity contribution in [2.75, 3.05) is 26.2 Å². The third-order valence-corrected chi connectivity index (χ3v) is 3.46. The van der Waals surface area contributed by atoms with E-state index in [-0.39, 0.29) is 18.3 Å². The van der Waals surface area contributed by atoms with Crippen molar-refractivity contribution in [3.8, 4) is 5.75 Å². The third kappa shape index (κ3) is 5.02. The maximum atomic E-state index is 11.8. The van der Waals surface area contributed by atoms with Gasteiger partial charge in [0.05, 0.1) is 6.61 Å². The molecule has 2 rings (SSSR count). The molecule has 0 aromatic heterocycles. The monoisotopic (exact) mass is 298 g/mol. The first kappa shape index (κ1) is 16.8. The second kappa shape index (κ2) is 8.82. The molecule has 1 amide bonds. The van der Waals surface area contributed by atoms with Crippen molar-refractivity contribution in [3.63, 3.8) is 0 Å². The molecule has 1 unspecified atom stereocenters. The van der Waals surface area contributed by atoms with Crippen molar-refractivity contribution in [2.45, 2.75) is 19.3 Å². The molecule has 5 heteroatoms. The molecule has 1 atom stereocenters. The van der Waals surface area contributed by atoms with Crippen molar-refractivity contribution in [1.29, 1.82) is 0 Å². The summed E-state index contributed by atoms with van der Waals surface area (Å²) in [6.45, 7) is 2.77. The highest BCUT2D eigenvalue weighted by molar-refractivity contribution is 5.85. The van der Waals surface area contributed by atoms with Crippen LogP contribution in [0.1, 0.15) is 19.3 Å². The Hall–Kier alpha value is -1.26. The fraction of sp³-hybridized carbons (Fsp3) is 0.533. The van der Waals surface area contributed by atoms with Crippen LogP contribution in [0.25, 0.3) is 0 Å².